The molecule has 3 rings (SSSR count). The molecule has 0 fully saturated rings. The molecule has 0 aliphatic carbocycles. The Balaban J connectivity index is 1.79. The first-order valence-corrected chi connectivity index (χ1v) is 6.28. The van der Waals surface area contributed by atoms with E-state index >= 15 is 0 Å². The molecule has 96 valence electrons. The van der Waals surface area contributed by atoms with Gasteiger partial charge in [-0.3, -0.25) is 4.79 Å². The molecule has 1 atom stereocenters. The Hall–Kier alpha value is -2.29. The molecular formula is C16H14O3. The second-order valence-electron chi connectivity index (χ2n) is 4.67. The molecule has 3 heteroatoms. The summed E-state index contributed by atoms with van der Waals surface area (Å²) in [6.45, 7) is 2.03. The van der Waals surface area contributed by atoms with Crippen molar-refractivity contribution in [2.45, 2.75) is 19.4 Å². The molecule has 3 nitrogen and oxygen atoms in total. The van der Waals surface area contributed by atoms with E-state index in [1.165, 1.54) is 6.08 Å². The summed E-state index contributed by atoms with van der Waals surface area (Å²) in [6.07, 6.45) is 5.84. The standard InChI is InChI=1S/C16H14O3/c1-11-9-13-10-12(4-7-16(13)19-11)15(17)6-5-14-3-2-8-18-14/h2-8,10-11H,9H2,1H3/b6-5+/t11-/m1/s1. The Kier molecular flexibility index (Phi) is 2.95. The number of fused-ring (bicyclic) bond motifs is 1. The number of rotatable bonds is 3. The first-order chi connectivity index (χ1) is 9.22. The number of hydrogen-bond acceptors (Lipinski definition) is 3. The highest BCUT2D eigenvalue weighted by atomic mass is 16.5. The van der Waals surface area contributed by atoms with E-state index in [0.29, 0.717) is 11.3 Å². The molecule has 0 N–H and O–H groups in total. The van der Waals surface area contributed by atoms with Crippen LogP contribution in [0.5, 0.6) is 5.75 Å². The zero-order valence-electron chi connectivity index (χ0n) is 10.6. The Labute approximate surface area is 111 Å². The quantitative estimate of drug-likeness (QED) is 0.621. The fourth-order valence-corrected chi connectivity index (χ4v) is 2.22. The van der Waals surface area contributed by atoms with Crippen LogP contribution in [0.1, 0.15) is 28.6 Å². The molecule has 1 aliphatic rings. The van der Waals surface area contributed by atoms with Crippen molar-refractivity contribution in [2.24, 2.45) is 0 Å². The minimum Gasteiger partial charge on any atom is -0.490 e. The van der Waals surface area contributed by atoms with Crippen LogP contribution in [0.2, 0.25) is 0 Å². The van der Waals surface area contributed by atoms with Gasteiger partial charge in [-0.15, -0.1) is 0 Å². The van der Waals surface area contributed by atoms with Gasteiger partial charge in [0.05, 0.1) is 6.26 Å². The van der Waals surface area contributed by atoms with Crippen molar-refractivity contribution in [2.75, 3.05) is 0 Å². The average Bonchev–Trinajstić information content (AvgIpc) is 3.02. The molecular weight excluding hydrogens is 240 g/mol. The third kappa shape index (κ3) is 2.45. The zero-order valence-corrected chi connectivity index (χ0v) is 10.6. The van der Waals surface area contributed by atoms with Crippen LogP contribution in [0.4, 0.5) is 0 Å². The van der Waals surface area contributed by atoms with E-state index in [9.17, 15) is 4.79 Å². The number of ketones is 1. The van der Waals surface area contributed by atoms with Crippen molar-refractivity contribution in [3.05, 3.63) is 59.6 Å². The lowest BCUT2D eigenvalue weighted by Gasteiger charge is -2.02. The van der Waals surface area contributed by atoms with Gasteiger partial charge in [-0.25, -0.2) is 0 Å². The molecule has 0 radical (unpaired) electrons. The molecule has 1 aliphatic heterocycles. The number of furan rings is 1. The maximum absolute atomic E-state index is 12.1. The third-order valence-corrected chi connectivity index (χ3v) is 3.12. The molecule has 2 heterocycles. The Morgan fingerprint density at radius 3 is 3.05 bits per heavy atom. The van der Waals surface area contributed by atoms with Crippen LogP contribution in [-0.4, -0.2) is 11.9 Å². The minimum absolute atomic E-state index is 0.0289. The summed E-state index contributed by atoms with van der Waals surface area (Å²) in [6, 6.07) is 9.17. The maximum atomic E-state index is 12.1. The summed E-state index contributed by atoms with van der Waals surface area (Å²) in [4.78, 5) is 12.1. The SMILES string of the molecule is C[C@@H]1Cc2cc(C(=O)/C=C/c3ccco3)ccc2O1. The third-order valence-electron chi connectivity index (χ3n) is 3.12. The molecule has 1 aromatic carbocycles. The van der Waals surface area contributed by atoms with Gasteiger partial charge < -0.3 is 9.15 Å². The number of carbonyl (C=O) groups excluding carboxylic acids is 1. The van der Waals surface area contributed by atoms with Gasteiger partial charge in [-0.1, -0.05) is 0 Å². The topological polar surface area (TPSA) is 39.4 Å². The highest BCUT2D eigenvalue weighted by Crippen LogP contribution is 2.29. The fraction of sp³-hybridized carbons (Fsp3) is 0.188. The minimum atomic E-state index is -0.0289. The number of carbonyl (C=O) groups is 1. The predicted octanol–water partition coefficient (Wildman–Crippen LogP) is 3.50. The van der Waals surface area contributed by atoms with E-state index in [1.807, 2.05) is 25.1 Å². The Morgan fingerprint density at radius 1 is 1.37 bits per heavy atom. The summed E-state index contributed by atoms with van der Waals surface area (Å²) in [7, 11) is 0. The average molecular weight is 254 g/mol. The number of allylic oxidation sites excluding steroid dienone is 1. The summed E-state index contributed by atoms with van der Waals surface area (Å²) in [5.74, 6) is 1.53. The zero-order chi connectivity index (χ0) is 13.2. The molecule has 0 amide bonds. The molecule has 0 unspecified atom stereocenters. The van der Waals surface area contributed by atoms with Gasteiger partial charge in [0.2, 0.25) is 0 Å². The van der Waals surface area contributed by atoms with Crippen LogP contribution in [0.3, 0.4) is 0 Å². The molecule has 19 heavy (non-hydrogen) atoms. The van der Waals surface area contributed by atoms with Crippen molar-refractivity contribution in [3.8, 4) is 5.75 Å². The van der Waals surface area contributed by atoms with E-state index in [4.69, 9.17) is 9.15 Å². The molecule has 0 saturated carbocycles. The van der Waals surface area contributed by atoms with E-state index in [1.54, 1.807) is 24.5 Å². The first kappa shape index (κ1) is 11.8. The van der Waals surface area contributed by atoms with Crippen molar-refractivity contribution >= 4 is 11.9 Å². The van der Waals surface area contributed by atoms with Crippen LogP contribution in [-0.2, 0) is 6.42 Å². The lowest BCUT2D eigenvalue weighted by molar-refractivity contribution is 0.104. The monoisotopic (exact) mass is 254 g/mol. The summed E-state index contributed by atoms with van der Waals surface area (Å²) < 4.78 is 10.8. The Bertz CT molecular complexity index is 623. The molecule has 0 spiro atoms. The van der Waals surface area contributed by atoms with E-state index in [0.717, 1.165) is 17.7 Å². The summed E-state index contributed by atoms with van der Waals surface area (Å²) in [5, 5.41) is 0. The van der Waals surface area contributed by atoms with Gasteiger partial charge in [-0.2, -0.15) is 0 Å². The van der Waals surface area contributed by atoms with Gasteiger partial charge >= 0.3 is 0 Å². The van der Waals surface area contributed by atoms with Crippen molar-refractivity contribution in [1.82, 2.24) is 0 Å². The van der Waals surface area contributed by atoms with Crippen LogP contribution >= 0.6 is 0 Å². The van der Waals surface area contributed by atoms with Crippen LogP contribution in [0, 0.1) is 0 Å². The van der Waals surface area contributed by atoms with Gasteiger partial charge in [0.1, 0.15) is 17.6 Å². The smallest absolute Gasteiger partial charge is 0.185 e. The molecule has 0 saturated heterocycles. The van der Waals surface area contributed by atoms with Crippen LogP contribution in [0.15, 0.2) is 47.1 Å². The molecule has 1 aromatic heterocycles. The van der Waals surface area contributed by atoms with E-state index in [2.05, 4.69) is 0 Å². The Morgan fingerprint density at radius 2 is 2.26 bits per heavy atom. The van der Waals surface area contributed by atoms with Gasteiger partial charge in [0, 0.05) is 12.0 Å². The van der Waals surface area contributed by atoms with E-state index < -0.39 is 0 Å². The lowest BCUT2D eigenvalue weighted by atomic mass is 10.0. The highest BCUT2D eigenvalue weighted by Gasteiger charge is 2.19. The maximum Gasteiger partial charge on any atom is 0.185 e. The van der Waals surface area contributed by atoms with Crippen molar-refractivity contribution in [1.29, 1.82) is 0 Å². The largest absolute Gasteiger partial charge is 0.490 e. The van der Waals surface area contributed by atoms with Gasteiger partial charge in [0.15, 0.2) is 5.78 Å². The van der Waals surface area contributed by atoms with Crippen molar-refractivity contribution < 1.29 is 13.9 Å². The lowest BCUT2D eigenvalue weighted by Crippen LogP contribution is -2.05. The fourth-order valence-electron chi connectivity index (χ4n) is 2.22. The normalized spacial score (nSPS) is 17.4. The van der Waals surface area contributed by atoms with Crippen LogP contribution < -0.4 is 4.74 Å². The van der Waals surface area contributed by atoms with Gasteiger partial charge in [-0.05, 0) is 55.0 Å². The van der Waals surface area contributed by atoms with Crippen molar-refractivity contribution in [3.63, 3.8) is 0 Å². The molecule has 2 aromatic rings. The highest BCUT2D eigenvalue weighted by molar-refractivity contribution is 6.06. The summed E-state index contributed by atoms with van der Waals surface area (Å²) >= 11 is 0. The number of benzene rings is 1. The van der Waals surface area contributed by atoms with E-state index in [-0.39, 0.29) is 11.9 Å². The second-order valence-corrected chi connectivity index (χ2v) is 4.67. The van der Waals surface area contributed by atoms with Crippen LogP contribution in [0.25, 0.3) is 6.08 Å². The predicted molar refractivity (Wildman–Crippen MR) is 72.3 cm³/mol. The second kappa shape index (κ2) is 4.76. The molecule has 0 bridgehead atoms. The van der Waals surface area contributed by atoms with Gasteiger partial charge in [0.25, 0.3) is 0 Å². The first-order valence-electron chi connectivity index (χ1n) is 6.28. The number of ether oxygens (including phenoxy) is 1. The summed E-state index contributed by atoms with van der Waals surface area (Å²) in [5.41, 5.74) is 1.78. The number of hydrogen-bond donors (Lipinski definition) is 0.